The van der Waals surface area contributed by atoms with Crippen LogP contribution in [-0.4, -0.2) is 11.1 Å². The molecule has 0 unspecified atom stereocenters. The lowest BCUT2D eigenvalue weighted by Gasteiger charge is -2.26. The molecule has 0 spiro atoms. The fraction of sp³-hybridized carbons (Fsp3) is 0.333. The minimum absolute atomic E-state index is 0.0979. The molecule has 3 nitrogen and oxygen atoms in total. The quantitative estimate of drug-likeness (QED) is 0.652. The summed E-state index contributed by atoms with van der Waals surface area (Å²) in [4.78, 5) is 22.3. The van der Waals surface area contributed by atoms with Gasteiger partial charge in [-0.15, -0.1) is 0 Å². The Labute approximate surface area is 79.0 Å². The number of carbonyl (C=O) groups excluding carboxylic acids is 2. The maximum absolute atomic E-state index is 11.3. The zero-order valence-corrected chi connectivity index (χ0v) is 8.47. The van der Waals surface area contributed by atoms with Crippen molar-refractivity contribution in [3.05, 3.63) is 23.0 Å². The molecule has 0 aromatic rings. The van der Waals surface area contributed by atoms with Gasteiger partial charge in [-0.05, 0) is 10.8 Å². The van der Waals surface area contributed by atoms with Crippen molar-refractivity contribution in [2.75, 3.05) is 0 Å². The van der Waals surface area contributed by atoms with Gasteiger partial charge in [-0.25, -0.2) is 0 Å². The summed E-state index contributed by atoms with van der Waals surface area (Å²) in [6, 6.07) is 0. The second kappa shape index (κ2) is 3.79. The number of hydrogen-bond donors (Lipinski definition) is 0. The number of carbonyl (C=O) groups is 2. The molecule has 0 fully saturated rings. The van der Waals surface area contributed by atoms with Crippen molar-refractivity contribution < 1.29 is 13.8 Å². The minimum atomic E-state index is -2.04. The van der Waals surface area contributed by atoms with Gasteiger partial charge in [-0.3, -0.25) is 9.59 Å². The lowest BCUT2D eigenvalue weighted by molar-refractivity contribution is -0.133. The largest absolute Gasteiger partial charge is 0.400 e. The summed E-state index contributed by atoms with van der Waals surface area (Å²) in [7, 11) is -2.04. The summed E-state index contributed by atoms with van der Waals surface area (Å²) in [6.07, 6.45) is 3.77. The Bertz CT molecular complexity index is 279. The van der Waals surface area contributed by atoms with E-state index < -0.39 is 10.3 Å². The van der Waals surface area contributed by atoms with Crippen molar-refractivity contribution in [3.8, 4) is 0 Å². The summed E-state index contributed by atoms with van der Waals surface area (Å²) in [5, 5.41) is 3.24. The molecular formula is C9H12O3S. The zero-order chi connectivity index (χ0) is 9.90. The van der Waals surface area contributed by atoms with E-state index in [9.17, 15) is 9.59 Å². The van der Waals surface area contributed by atoms with Gasteiger partial charge in [0.05, 0.1) is 0 Å². The summed E-state index contributed by atoms with van der Waals surface area (Å²) in [5.41, 5.74) is 0. The molecule has 0 saturated heterocycles. The standard InChI is InChI=1S/C9H12O3S/c1-3-9(11)12-13(8(2)10)6-4-5-7-13/h4-7H,3H2,1-2H3. The third-order valence-corrected chi connectivity index (χ3v) is 4.12. The third kappa shape index (κ3) is 2.01. The SMILES string of the molecule is CCC(=O)OS1(C(C)=O)C=CC=C1. The van der Waals surface area contributed by atoms with E-state index in [1.54, 1.807) is 29.9 Å². The van der Waals surface area contributed by atoms with Crippen LogP contribution in [0.2, 0.25) is 0 Å². The smallest absolute Gasteiger partial charge is 0.316 e. The molecule has 0 N–H and O–H groups in total. The van der Waals surface area contributed by atoms with Crippen LogP contribution in [0.3, 0.4) is 0 Å². The molecule has 1 heterocycles. The third-order valence-electron chi connectivity index (χ3n) is 1.64. The molecule has 72 valence electrons. The van der Waals surface area contributed by atoms with Crippen molar-refractivity contribution in [1.82, 2.24) is 0 Å². The van der Waals surface area contributed by atoms with Gasteiger partial charge >= 0.3 is 5.97 Å². The number of allylic oxidation sites excluding steroid dienone is 2. The second-order valence-corrected chi connectivity index (χ2v) is 5.19. The summed E-state index contributed by atoms with van der Waals surface area (Å²) < 4.78 is 5.13. The Morgan fingerprint density at radius 2 is 1.85 bits per heavy atom. The first kappa shape index (κ1) is 10.1. The van der Waals surface area contributed by atoms with E-state index in [0.717, 1.165) is 0 Å². The van der Waals surface area contributed by atoms with E-state index in [1.165, 1.54) is 6.92 Å². The molecule has 1 aliphatic heterocycles. The maximum atomic E-state index is 11.3. The number of rotatable bonds is 1. The molecule has 0 aromatic carbocycles. The van der Waals surface area contributed by atoms with Crippen LogP contribution >= 0.6 is 10.3 Å². The molecule has 0 atom stereocenters. The Balaban J connectivity index is 2.81. The second-order valence-electron chi connectivity index (χ2n) is 2.61. The van der Waals surface area contributed by atoms with Crippen molar-refractivity contribution in [2.45, 2.75) is 20.3 Å². The molecule has 1 aliphatic rings. The van der Waals surface area contributed by atoms with Crippen molar-refractivity contribution in [2.24, 2.45) is 0 Å². The maximum Gasteiger partial charge on any atom is 0.316 e. The molecule has 0 radical (unpaired) electrons. The fourth-order valence-electron chi connectivity index (χ4n) is 0.888. The highest BCUT2D eigenvalue weighted by molar-refractivity contribution is 8.46. The van der Waals surface area contributed by atoms with Crippen molar-refractivity contribution in [3.63, 3.8) is 0 Å². The average Bonchev–Trinajstić information content (AvgIpc) is 2.54. The lowest BCUT2D eigenvalue weighted by Crippen LogP contribution is -2.11. The van der Waals surface area contributed by atoms with Crippen LogP contribution in [0.1, 0.15) is 20.3 Å². The van der Waals surface area contributed by atoms with Gasteiger partial charge in [0.1, 0.15) is 0 Å². The first-order valence-electron chi connectivity index (χ1n) is 4.02. The van der Waals surface area contributed by atoms with Crippen LogP contribution in [-0.2, 0) is 13.8 Å². The van der Waals surface area contributed by atoms with Crippen LogP contribution in [0.5, 0.6) is 0 Å². The molecule has 0 bridgehead atoms. The Hall–Kier alpha value is -1.03. The van der Waals surface area contributed by atoms with E-state index in [2.05, 4.69) is 0 Å². The van der Waals surface area contributed by atoms with E-state index >= 15 is 0 Å². The van der Waals surface area contributed by atoms with Crippen LogP contribution < -0.4 is 0 Å². The highest BCUT2D eigenvalue weighted by Gasteiger charge is 2.29. The summed E-state index contributed by atoms with van der Waals surface area (Å²) in [6.45, 7) is 3.15. The normalized spacial score (nSPS) is 19.8. The van der Waals surface area contributed by atoms with Crippen LogP contribution in [0.4, 0.5) is 0 Å². The Morgan fingerprint density at radius 3 is 2.23 bits per heavy atom. The molecule has 0 aromatic heterocycles. The topological polar surface area (TPSA) is 43.4 Å². The van der Waals surface area contributed by atoms with Gasteiger partial charge < -0.3 is 4.18 Å². The van der Waals surface area contributed by atoms with Gasteiger partial charge in [0.15, 0.2) is 0 Å². The molecule has 4 heteroatoms. The highest BCUT2D eigenvalue weighted by Crippen LogP contribution is 2.55. The first-order valence-corrected chi connectivity index (χ1v) is 5.70. The van der Waals surface area contributed by atoms with E-state index in [4.69, 9.17) is 4.18 Å². The van der Waals surface area contributed by atoms with E-state index in [-0.39, 0.29) is 11.1 Å². The summed E-state index contributed by atoms with van der Waals surface area (Å²) in [5.74, 6) is -0.332. The molecule has 13 heavy (non-hydrogen) atoms. The zero-order valence-electron chi connectivity index (χ0n) is 7.65. The monoisotopic (exact) mass is 200 g/mol. The van der Waals surface area contributed by atoms with Gasteiger partial charge in [0.2, 0.25) is 5.12 Å². The van der Waals surface area contributed by atoms with Gasteiger partial charge in [-0.2, -0.15) is 0 Å². The number of hydrogen-bond acceptors (Lipinski definition) is 3. The minimum Gasteiger partial charge on any atom is -0.400 e. The average molecular weight is 200 g/mol. The Kier molecular flexibility index (Phi) is 2.93. The molecule has 1 rings (SSSR count). The van der Waals surface area contributed by atoms with Gasteiger partial charge in [-0.1, -0.05) is 19.1 Å². The van der Waals surface area contributed by atoms with Crippen LogP contribution in [0.25, 0.3) is 0 Å². The lowest BCUT2D eigenvalue weighted by atomic mass is 10.5. The molecule has 0 amide bonds. The van der Waals surface area contributed by atoms with Crippen molar-refractivity contribution in [1.29, 1.82) is 0 Å². The fourth-order valence-corrected chi connectivity index (χ4v) is 2.66. The van der Waals surface area contributed by atoms with Crippen LogP contribution in [0, 0.1) is 0 Å². The molecule has 0 aliphatic carbocycles. The van der Waals surface area contributed by atoms with Crippen LogP contribution in [0.15, 0.2) is 23.0 Å². The van der Waals surface area contributed by atoms with Gasteiger partial charge in [0.25, 0.3) is 0 Å². The first-order chi connectivity index (χ1) is 6.10. The Morgan fingerprint density at radius 1 is 1.31 bits per heavy atom. The predicted octanol–water partition coefficient (Wildman–Crippen LogP) is 2.25. The highest BCUT2D eigenvalue weighted by atomic mass is 32.3. The van der Waals surface area contributed by atoms with Crippen molar-refractivity contribution >= 4 is 21.4 Å². The van der Waals surface area contributed by atoms with Gasteiger partial charge in [0, 0.05) is 23.7 Å². The molecular weight excluding hydrogens is 188 g/mol. The predicted molar refractivity (Wildman–Crippen MR) is 52.9 cm³/mol. The van der Waals surface area contributed by atoms with E-state index in [1.807, 2.05) is 0 Å². The molecule has 0 saturated carbocycles. The summed E-state index contributed by atoms with van der Waals surface area (Å²) >= 11 is 0. The van der Waals surface area contributed by atoms with E-state index in [0.29, 0.717) is 6.42 Å².